The number of halogens is 1. The molecular formula is C4H8ClNO. The maximum atomic E-state index is 8.51. The van der Waals surface area contributed by atoms with Gasteiger partial charge in [0.25, 0.3) is 0 Å². The van der Waals surface area contributed by atoms with Crippen LogP contribution in [-0.4, -0.2) is 17.3 Å². The van der Waals surface area contributed by atoms with Gasteiger partial charge < -0.3 is 5.11 Å². The molecule has 0 bridgehead atoms. The molecule has 3 heteroatoms. The zero-order valence-electron chi connectivity index (χ0n) is 3.95. The molecule has 1 aliphatic carbocycles. The summed E-state index contributed by atoms with van der Waals surface area (Å²) in [6.07, 6.45) is 2.01. The van der Waals surface area contributed by atoms with Gasteiger partial charge in [0.2, 0.25) is 0 Å². The lowest BCUT2D eigenvalue weighted by Crippen LogP contribution is -2.26. The average Bonchev–Trinajstić information content (AvgIpc) is 2.46. The molecule has 1 rings (SSSR count). The molecule has 0 spiro atoms. The van der Waals surface area contributed by atoms with Gasteiger partial charge in [-0.3, -0.25) is 0 Å². The SMILES string of the molecule is OCC1(NCl)CC1. The Balaban J connectivity index is 2.28. The van der Waals surface area contributed by atoms with Gasteiger partial charge in [-0.15, -0.1) is 0 Å². The molecule has 0 aromatic carbocycles. The van der Waals surface area contributed by atoms with E-state index in [9.17, 15) is 0 Å². The molecule has 0 unspecified atom stereocenters. The minimum Gasteiger partial charge on any atom is -0.394 e. The number of aliphatic hydroxyl groups is 1. The minimum absolute atomic E-state index is 0.0957. The number of hydrogen-bond donors (Lipinski definition) is 2. The largest absolute Gasteiger partial charge is 0.394 e. The highest BCUT2D eigenvalue weighted by Gasteiger charge is 2.41. The first-order valence-electron chi connectivity index (χ1n) is 2.32. The van der Waals surface area contributed by atoms with E-state index in [0.717, 1.165) is 12.8 Å². The van der Waals surface area contributed by atoms with Gasteiger partial charge in [-0.25, -0.2) is 4.84 Å². The van der Waals surface area contributed by atoms with Gasteiger partial charge in [-0.1, -0.05) is 0 Å². The molecule has 0 heterocycles. The quantitative estimate of drug-likeness (QED) is 0.514. The summed E-state index contributed by atoms with van der Waals surface area (Å²) < 4.78 is 0. The highest BCUT2D eigenvalue weighted by atomic mass is 35.5. The van der Waals surface area contributed by atoms with Crippen LogP contribution in [0.15, 0.2) is 0 Å². The van der Waals surface area contributed by atoms with E-state index in [1.54, 1.807) is 0 Å². The second kappa shape index (κ2) is 1.62. The van der Waals surface area contributed by atoms with E-state index in [2.05, 4.69) is 4.84 Å². The summed E-state index contributed by atoms with van der Waals surface area (Å²) in [5.74, 6) is 0. The van der Waals surface area contributed by atoms with Crippen LogP contribution in [0, 0.1) is 0 Å². The van der Waals surface area contributed by atoms with Crippen LogP contribution >= 0.6 is 11.8 Å². The van der Waals surface area contributed by atoms with E-state index in [4.69, 9.17) is 16.9 Å². The normalized spacial score (nSPS) is 24.9. The summed E-state index contributed by atoms with van der Waals surface area (Å²) in [7, 11) is 0. The number of nitrogens with one attached hydrogen (secondary N) is 1. The van der Waals surface area contributed by atoms with Crippen molar-refractivity contribution in [3.05, 3.63) is 0 Å². The molecule has 7 heavy (non-hydrogen) atoms. The van der Waals surface area contributed by atoms with Gasteiger partial charge in [0.05, 0.1) is 12.1 Å². The van der Waals surface area contributed by atoms with Crippen molar-refractivity contribution in [2.75, 3.05) is 6.61 Å². The van der Waals surface area contributed by atoms with Crippen molar-refractivity contribution in [2.24, 2.45) is 0 Å². The first kappa shape index (κ1) is 5.35. The maximum Gasteiger partial charge on any atom is 0.0625 e. The van der Waals surface area contributed by atoms with E-state index in [0.29, 0.717) is 0 Å². The Bertz CT molecular complexity index is 66.1. The van der Waals surface area contributed by atoms with Gasteiger partial charge >= 0.3 is 0 Å². The number of aliphatic hydroxyl groups excluding tert-OH is 1. The fourth-order valence-corrected chi connectivity index (χ4v) is 0.682. The highest BCUT2D eigenvalue weighted by Crippen LogP contribution is 2.34. The van der Waals surface area contributed by atoms with Crippen LogP contribution in [0.5, 0.6) is 0 Å². The Labute approximate surface area is 47.6 Å². The standard InChI is InChI=1S/C4H8ClNO/c5-6-4(3-7)1-2-4/h6-7H,1-3H2. The van der Waals surface area contributed by atoms with Crippen LogP contribution in [-0.2, 0) is 0 Å². The zero-order valence-corrected chi connectivity index (χ0v) is 4.70. The highest BCUT2D eigenvalue weighted by molar-refractivity contribution is 6.14. The number of hydrogen-bond acceptors (Lipinski definition) is 2. The third kappa shape index (κ3) is 0.876. The molecule has 0 saturated heterocycles. The van der Waals surface area contributed by atoms with Crippen LogP contribution in [0.2, 0.25) is 0 Å². The van der Waals surface area contributed by atoms with Crippen molar-refractivity contribution in [1.29, 1.82) is 0 Å². The zero-order chi connectivity index (χ0) is 5.33. The lowest BCUT2D eigenvalue weighted by atomic mass is 10.3. The molecule has 0 amide bonds. The molecular weight excluding hydrogens is 114 g/mol. The first-order chi connectivity index (χ1) is 3.33. The third-order valence-electron chi connectivity index (χ3n) is 1.36. The third-order valence-corrected chi connectivity index (χ3v) is 1.76. The summed E-state index contributed by atoms with van der Waals surface area (Å²) in [6.45, 7) is 0.163. The fourth-order valence-electron chi connectivity index (χ4n) is 0.433. The lowest BCUT2D eigenvalue weighted by Gasteiger charge is -2.04. The van der Waals surface area contributed by atoms with Crippen LogP contribution in [0.4, 0.5) is 0 Å². The Hall–Kier alpha value is 0.210. The van der Waals surface area contributed by atoms with Gasteiger partial charge in [0, 0.05) is 0 Å². The smallest absolute Gasteiger partial charge is 0.0625 e. The summed E-state index contributed by atoms with van der Waals surface area (Å²) in [6, 6.07) is 0. The molecule has 1 aliphatic rings. The van der Waals surface area contributed by atoms with Crippen molar-refractivity contribution in [2.45, 2.75) is 18.4 Å². The molecule has 42 valence electrons. The van der Waals surface area contributed by atoms with Gasteiger partial charge in [0.1, 0.15) is 0 Å². The molecule has 0 radical (unpaired) electrons. The lowest BCUT2D eigenvalue weighted by molar-refractivity contribution is 0.248. The van der Waals surface area contributed by atoms with Crippen LogP contribution in [0.3, 0.4) is 0 Å². The van der Waals surface area contributed by atoms with Crippen LogP contribution < -0.4 is 4.84 Å². The Morgan fingerprint density at radius 1 is 1.71 bits per heavy atom. The molecule has 1 saturated carbocycles. The maximum absolute atomic E-state index is 8.51. The van der Waals surface area contributed by atoms with Gasteiger partial charge in [0.15, 0.2) is 0 Å². The van der Waals surface area contributed by atoms with E-state index < -0.39 is 0 Å². The van der Waals surface area contributed by atoms with Crippen molar-refractivity contribution in [1.82, 2.24) is 4.84 Å². The van der Waals surface area contributed by atoms with Crippen LogP contribution in [0.25, 0.3) is 0 Å². The van der Waals surface area contributed by atoms with Crippen molar-refractivity contribution in [3.63, 3.8) is 0 Å². The van der Waals surface area contributed by atoms with E-state index in [1.807, 2.05) is 0 Å². The molecule has 0 aromatic heterocycles. The molecule has 1 fully saturated rings. The van der Waals surface area contributed by atoms with E-state index >= 15 is 0 Å². The predicted molar refractivity (Wildman–Crippen MR) is 28.0 cm³/mol. The van der Waals surface area contributed by atoms with Crippen molar-refractivity contribution < 1.29 is 5.11 Å². The van der Waals surface area contributed by atoms with E-state index in [-0.39, 0.29) is 12.1 Å². The first-order valence-corrected chi connectivity index (χ1v) is 2.69. The minimum atomic E-state index is -0.0957. The summed E-state index contributed by atoms with van der Waals surface area (Å²) in [5.41, 5.74) is -0.0957. The molecule has 2 N–H and O–H groups in total. The molecule has 2 nitrogen and oxygen atoms in total. The van der Waals surface area contributed by atoms with E-state index in [1.165, 1.54) is 0 Å². The Morgan fingerprint density at radius 3 is 2.29 bits per heavy atom. The second-order valence-corrected chi connectivity index (χ2v) is 2.22. The topological polar surface area (TPSA) is 32.3 Å². The fraction of sp³-hybridized carbons (Fsp3) is 1.00. The monoisotopic (exact) mass is 121 g/mol. The average molecular weight is 122 g/mol. The second-order valence-electron chi connectivity index (χ2n) is 2.03. The van der Waals surface area contributed by atoms with Crippen LogP contribution in [0.1, 0.15) is 12.8 Å². The Morgan fingerprint density at radius 2 is 2.29 bits per heavy atom. The summed E-state index contributed by atoms with van der Waals surface area (Å²) in [4.78, 5) is 2.52. The number of rotatable bonds is 2. The molecule has 0 atom stereocenters. The van der Waals surface area contributed by atoms with Gasteiger partial charge in [-0.2, -0.15) is 0 Å². The molecule has 0 aliphatic heterocycles. The Kier molecular flexibility index (Phi) is 1.24. The summed E-state index contributed by atoms with van der Waals surface area (Å²) in [5, 5.41) is 8.51. The van der Waals surface area contributed by atoms with Crippen molar-refractivity contribution in [3.8, 4) is 0 Å². The predicted octanol–water partition coefficient (Wildman–Crippen LogP) is 0.255. The summed E-state index contributed by atoms with van der Waals surface area (Å²) >= 11 is 5.25. The molecule has 0 aromatic rings. The van der Waals surface area contributed by atoms with Crippen molar-refractivity contribution >= 4 is 11.8 Å². The van der Waals surface area contributed by atoms with Gasteiger partial charge in [-0.05, 0) is 24.6 Å².